The van der Waals surface area contributed by atoms with Gasteiger partial charge in [-0.15, -0.1) is 0 Å². The lowest BCUT2D eigenvalue weighted by molar-refractivity contribution is -0.148. The van der Waals surface area contributed by atoms with Gasteiger partial charge in [0.15, 0.2) is 0 Å². The zero-order chi connectivity index (χ0) is 13.3. The van der Waals surface area contributed by atoms with E-state index in [1.165, 1.54) is 0 Å². The van der Waals surface area contributed by atoms with Gasteiger partial charge in [-0.3, -0.25) is 4.79 Å². The molecule has 0 spiro atoms. The van der Waals surface area contributed by atoms with Gasteiger partial charge in [-0.05, 0) is 53.7 Å². The van der Waals surface area contributed by atoms with Crippen molar-refractivity contribution >= 4 is 27.8 Å². The van der Waals surface area contributed by atoms with Crippen LogP contribution >= 0.6 is 15.9 Å². The number of halogens is 1. The van der Waals surface area contributed by atoms with Gasteiger partial charge in [0.25, 0.3) is 5.91 Å². The van der Waals surface area contributed by atoms with Crippen molar-refractivity contribution in [3.63, 3.8) is 0 Å². The first-order chi connectivity index (χ1) is 8.46. The van der Waals surface area contributed by atoms with E-state index < -0.39 is 11.5 Å². The Labute approximate surface area is 114 Å². The van der Waals surface area contributed by atoms with Gasteiger partial charge in [0, 0.05) is 4.47 Å². The minimum Gasteiger partial charge on any atom is -0.480 e. The monoisotopic (exact) mass is 311 g/mol. The first-order valence-corrected chi connectivity index (χ1v) is 6.56. The van der Waals surface area contributed by atoms with Gasteiger partial charge in [0.2, 0.25) is 0 Å². The normalized spacial score (nSPS) is 16.8. The third-order valence-electron chi connectivity index (χ3n) is 3.41. The number of nitrogens with one attached hydrogen (secondary N) is 1. The molecule has 0 radical (unpaired) electrons. The number of carboxylic acids is 1. The Morgan fingerprint density at radius 2 is 2.06 bits per heavy atom. The molecule has 1 aliphatic rings. The van der Waals surface area contributed by atoms with Crippen LogP contribution in [0.5, 0.6) is 0 Å². The molecule has 1 fully saturated rings. The molecule has 0 aliphatic heterocycles. The smallest absolute Gasteiger partial charge is 0.329 e. The highest BCUT2D eigenvalue weighted by Crippen LogP contribution is 2.33. The molecule has 1 aliphatic carbocycles. The van der Waals surface area contributed by atoms with Crippen LogP contribution in [0.4, 0.5) is 0 Å². The molecule has 96 valence electrons. The van der Waals surface area contributed by atoms with Crippen molar-refractivity contribution in [3.8, 4) is 0 Å². The van der Waals surface area contributed by atoms with Gasteiger partial charge >= 0.3 is 5.97 Å². The Balaban J connectivity index is 2.22. The average Bonchev–Trinajstić information content (AvgIpc) is 2.26. The van der Waals surface area contributed by atoms with Crippen LogP contribution in [0.25, 0.3) is 0 Å². The summed E-state index contributed by atoms with van der Waals surface area (Å²) < 4.78 is 0.711. The predicted molar refractivity (Wildman–Crippen MR) is 70.6 cm³/mol. The molecule has 0 unspecified atom stereocenters. The molecule has 1 aromatic carbocycles. The topological polar surface area (TPSA) is 66.4 Å². The van der Waals surface area contributed by atoms with E-state index in [2.05, 4.69) is 21.2 Å². The van der Waals surface area contributed by atoms with E-state index in [1.54, 1.807) is 12.1 Å². The lowest BCUT2D eigenvalue weighted by Gasteiger charge is -2.38. The molecule has 4 nitrogen and oxygen atoms in total. The fraction of sp³-hybridized carbons (Fsp3) is 0.385. The van der Waals surface area contributed by atoms with Crippen molar-refractivity contribution in [1.82, 2.24) is 5.32 Å². The summed E-state index contributed by atoms with van der Waals surface area (Å²) in [6, 6.07) is 5.35. The van der Waals surface area contributed by atoms with Gasteiger partial charge in [-0.1, -0.05) is 12.1 Å². The number of benzene rings is 1. The van der Waals surface area contributed by atoms with Crippen LogP contribution < -0.4 is 5.32 Å². The van der Waals surface area contributed by atoms with Crippen molar-refractivity contribution in [2.75, 3.05) is 0 Å². The Morgan fingerprint density at radius 3 is 2.56 bits per heavy atom. The van der Waals surface area contributed by atoms with Crippen molar-refractivity contribution < 1.29 is 14.7 Å². The zero-order valence-corrected chi connectivity index (χ0v) is 11.6. The van der Waals surface area contributed by atoms with Crippen LogP contribution in [0.1, 0.15) is 35.2 Å². The van der Waals surface area contributed by atoms with Crippen LogP contribution in [0.3, 0.4) is 0 Å². The summed E-state index contributed by atoms with van der Waals surface area (Å²) in [6.45, 7) is 1.89. The third-order valence-corrected chi connectivity index (χ3v) is 4.46. The van der Waals surface area contributed by atoms with E-state index in [-0.39, 0.29) is 5.91 Å². The highest BCUT2D eigenvalue weighted by atomic mass is 79.9. The van der Waals surface area contributed by atoms with Crippen LogP contribution in [-0.4, -0.2) is 22.5 Å². The Morgan fingerprint density at radius 1 is 1.39 bits per heavy atom. The number of aliphatic carboxylic acids is 1. The number of amides is 1. The number of rotatable bonds is 3. The van der Waals surface area contributed by atoms with E-state index >= 15 is 0 Å². The molecule has 1 saturated carbocycles. The fourth-order valence-corrected chi connectivity index (χ4v) is 2.47. The Kier molecular flexibility index (Phi) is 3.43. The predicted octanol–water partition coefficient (Wildman–Crippen LogP) is 2.49. The first kappa shape index (κ1) is 13.1. The molecule has 1 amide bonds. The molecular formula is C13H14BrNO3. The second-order valence-corrected chi connectivity index (χ2v) is 5.42. The number of aryl methyl sites for hydroxylation is 1. The fourth-order valence-electron chi connectivity index (χ4n) is 2.03. The molecule has 2 N–H and O–H groups in total. The molecule has 0 heterocycles. The molecule has 1 aromatic rings. The highest BCUT2D eigenvalue weighted by molar-refractivity contribution is 9.10. The SMILES string of the molecule is Cc1cccc(C(=O)NC2(C(=O)O)CCC2)c1Br. The van der Waals surface area contributed by atoms with E-state index in [0.717, 1.165) is 12.0 Å². The Bertz CT molecular complexity index is 509. The summed E-state index contributed by atoms with van der Waals surface area (Å²) in [7, 11) is 0. The lowest BCUT2D eigenvalue weighted by Crippen LogP contribution is -2.59. The average molecular weight is 312 g/mol. The van der Waals surface area contributed by atoms with Gasteiger partial charge < -0.3 is 10.4 Å². The summed E-state index contributed by atoms with van der Waals surface area (Å²) in [5.41, 5.74) is 0.350. The summed E-state index contributed by atoms with van der Waals surface area (Å²) in [5.74, 6) is -1.29. The summed E-state index contributed by atoms with van der Waals surface area (Å²) in [4.78, 5) is 23.3. The molecule has 2 rings (SSSR count). The van der Waals surface area contributed by atoms with Gasteiger partial charge in [0.05, 0.1) is 5.56 Å². The minimum atomic E-state index is -1.07. The standard InChI is InChI=1S/C13H14BrNO3/c1-8-4-2-5-9(10(8)14)11(16)15-13(12(17)18)6-3-7-13/h2,4-5H,3,6-7H2,1H3,(H,15,16)(H,17,18). The summed E-state index contributed by atoms with van der Waals surface area (Å²) in [5, 5.41) is 11.8. The minimum absolute atomic E-state index is 0.340. The number of hydrogen-bond donors (Lipinski definition) is 2. The zero-order valence-electron chi connectivity index (χ0n) is 10.00. The molecule has 5 heteroatoms. The second-order valence-electron chi connectivity index (χ2n) is 4.63. The second kappa shape index (κ2) is 4.72. The lowest BCUT2D eigenvalue weighted by atomic mass is 9.76. The molecule has 0 aromatic heterocycles. The third kappa shape index (κ3) is 2.14. The maximum atomic E-state index is 12.1. The van der Waals surface area contributed by atoms with Crippen LogP contribution in [0.2, 0.25) is 0 Å². The molecule has 18 heavy (non-hydrogen) atoms. The van der Waals surface area contributed by atoms with Gasteiger partial charge in [-0.25, -0.2) is 4.79 Å². The Hall–Kier alpha value is -1.36. The van der Waals surface area contributed by atoms with Crippen molar-refractivity contribution in [3.05, 3.63) is 33.8 Å². The van der Waals surface area contributed by atoms with Crippen molar-refractivity contribution in [1.29, 1.82) is 0 Å². The van der Waals surface area contributed by atoms with E-state index in [4.69, 9.17) is 0 Å². The van der Waals surface area contributed by atoms with E-state index in [1.807, 2.05) is 13.0 Å². The van der Waals surface area contributed by atoms with Crippen molar-refractivity contribution in [2.24, 2.45) is 0 Å². The van der Waals surface area contributed by atoms with Crippen LogP contribution in [0, 0.1) is 6.92 Å². The molecule has 0 saturated heterocycles. The molecule has 0 bridgehead atoms. The quantitative estimate of drug-likeness (QED) is 0.901. The van der Waals surface area contributed by atoms with E-state index in [0.29, 0.717) is 22.9 Å². The maximum Gasteiger partial charge on any atom is 0.329 e. The largest absolute Gasteiger partial charge is 0.480 e. The first-order valence-electron chi connectivity index (χ1n) is 5.77. The van der Waals surface area contributed by atoms with Gasteiger partial charge in [0.1, 0.15) is 5.54 Å². The molecule has 0 atom stereocenters. The number of carbonyl (C=O) groups excluding carboxylic acids is 1. The number of carbonyl (C=O) groups is 2. The molecular weight excluding hydrogens is 298 g/mol. The number of carboxylic acid groups (broad SMARTS) is 1. The van der Waals surface area contributed by atoms with Gasteiger partial charge in [-0.2, -0.15) is 0 Å². The van der Waals surface area contributed by atoms with Crippen molar-refractivity contribution in [2.45, 2.75) is 31.7 Å². The number of hydrogen-bond acceptors (Lipinski definition) is 2. The summed E-state index contributed by atoms with van der Waals surface area (Å²) in [6.07, 6.45) is 1.83. The van der Waals surface area contributed by atoms with Crippen LogP contribution in [-0.2, 0) is 4.79 Å². The maximum absolute atomic E-state index is 12.1. The van der Waals surface area contributed by atoms with E-state index in [9.17, 15) is 14.7 Å². The highest BCUT2D eigenvalue weighted by Gasteiger charge is 2.45. The summed E-state index contributed by atoms with van der Waals surface area (Å²) >= 11 is 3.36. The van der Waals surface area contributed by atoms with Crippen LogP contribution in [0.15, 0.2) is 22.7 Å².